The molecule has 1 saturated heterocycles. The van der Waals surface area contributed by atoms with Gasteiger partial charge >= 0.3 is 0 Å². The number of methoxy groups -OCH3 is 2. The highest BCUT2D eigenvalue weighted by atomic mass is 16.5. The normalized spacial score (nSPS) is 14.1. The summed E-state index contributed by atoms with van der Waals surface area (Å²) >= 11 is 0. The van der Waals surface area contributed by atoms with Crippen molar-refractivity contribution in [2.75, 3.05) is 51.8 Å². The Balaban J connectivity index is 1.36. The molecule has 0 saturated carbocycles. The van der Waals surface area contributed by atoms with Gasteiger partial charge in [0.15, 0.2) is 5.75 Å². The molecule has 0 spiro atoms. The summed E-state index contributed by atoms with van der Waals surface area (Å²) in [4.78, 5) is 18.2. The molecular formula is C26H27N7O3. The molecule has 36 heavy (non-hydrogen) atoms. The van der Waals surface area contributed by atoms with Gasteiger partial charge in [-0.15, -0.1) is 0 Å². The second-order valence-corrected chi connectivity index (χ2v) is 8.50. The Labute approximate surface area is 209 Å². The van der Waals surface area contributed by atoms with E-state index in [4.69, 9.17) is 19.7 Å². The van der Waals surface area contributed by atoms with Crippen molar-refractivity contribution >= 4 is 16.7 Å². The lowest BCUT2D eigenvalue weighted by Gasteiger charge is -2.35. The molecule has 0 bridgehead atoms. The molecule has 1 N–H and O–H groups in total. The zero-order valence-corrected chi connectivity index (χ0v) is 20.3. The first-order valence-electron chi connectivity index (χ1n) is 11.7. The van der Waals surface area contributed by atoms with Gasteiger partial charge in [0.05, 0.1) is 48.8 Å². The smallest absolute Gasteiger partial charge is 0.256 e. The van der Waals surface area contributed by atoms with Crippen LogP contribution in [0.2, 0.25) is 0 Å². The van der Waals surface area contributed by atoms with Crippen molar-refractivity contribution in [2.24, 2.45) is 0 Å². The van der Waals surface area contributed by atoms with Gasteiger partial charge in [0.1, 0.15) is 5.82 Å². The SMILES string of the molecule is COc1cc(-c2ccc3c(O)n(-c4ccc(N5CCN(CCC#N)CC5)nc4)cc3n2)cnc1OC. The molecule has 0 atom stereocenters. The molecule has 1 aliphatic heterocycles. The highest BCUT2D eigenvalue weighted by Crippen LogP contribution is 2.33. The molecule has 4 aromatic heterocycles. The number of piperazine rings is 1. The summed E-state index contributed by atoms with van der Waals surface area (Å²) in [5, 5.41) is 20.3. The number of hydrogen-bond acceptors (Lipinski definition) is 9. The number of aromatic hydroxyl groups is 1. The van der Waals surface area contributed by atoms with E-state index in [1.165, 1.54) is 0 Å². The molecule has 184 valence electrons. The van der Waals surface area contributed by atoms with Crippen molar-refractivity contribution in [3.05, 3.63) is 48.9 Å². The minimum atomic E-state index is 0.107. The van der Waals surface area contributed by atoms with Crippen LogP contribution in [0.4, 0.5) is 5.82 Å². The van der Waals surface area contributed by atoms with Gasteiger partial charge in [-0.05, 0) is 30.3 Å². The Hall–Kier alpha value is -4.36. The fourth-order valence-corrected chi connectivity index (χ4v) is 4.42. The van der Waals surface area contributed by atoms with Crippen LogP contribution in [-0.2, 0) is 0 Å². The van der Waals surface area contributed by atoms with Gasteiger partial charge in [-0.1, -0.05) is 0 Å². The summed E-state index contributed by atoms with van der Waals surface area (Å²) in [5.74, 6) is 1.93. The molecule has 0 radical (unpaired) electrons. The summed E-state index contributed by atoms with van der Waals surface area (Å²) in [6.45, 7) is 4.38. The number of fused-ring (bicyclic) bond motifs is 1. The zero-order valence-electron chi connectivity index (χ0n) is 20.3. The molecule has 10 heteroatoms. The van der Waals surface area contributed by atoms with Crippen LogP contribution >= 0.6 is 0 Å². The van der Waals surface area contributed by atoms with Crippen LogP contribution in [0.15, 0.2) is 48.9 Å². The molecule has 5 rings (SSSR count). The second-order valence-electron chi connectivity index (χ2n) is 8.50. The maximum atomic E-state index is 10.9. The Bertz CT molecular complexity index is 1400. The van der Waals surface area contributed by atoms with Gasteiger partial charge < -0.3 is 19.5 Å². The molecule has 1 fully saturated rings. The predicted molar refractivity (Wildman–Crippen MR) is 136 cm³/mol. The second kappa shape index (κ2) is 10.1. The lowest BCUT2D eigenvalue weighted by atomic mass is 10.1. The molecule has 0 amide bonds. The highest BCUT2D eigenvalue weighted by Gasteiger charge is 2.18. The quantitative estimate of drug-likeness (QED) is 0.421. The van der Waals surface area contributed by atoms with Crippen LogP contribution in [0.5, 0.6) is 17.5 Å². The Morgan fingerprint density at radius 2 is 1.86 bits per heavy atom. The van der Waals surface area contributed by atoms with Crippen molar-refractivity contribution in [3.63, 3.8) is 0 Å². The van der Waals surface area contributed by atoms with E-state index in [2.05, 4.69) is 25.8 Å². The third-order valence-electron chi connectivity index (χ3n) is 6.42. The molecule has 4 aromatic rings. The molecule has 0 aliphatic carbocycles. The van der Waals surface area contributed by atoms with E-state index in [-0.39, 0.29) is 5.88 Å². The number of nitriles is 1. The van der Waals surface area contributed by atoms with E-state index in [1.54, 1.807) is 37.4 Å². The van der Waals surface area contributed by atoms with Gasteiger partial charge in [-0.2, -0.15) is 5.26 Å². The Morgan fingerprint density at radius 3 is 2.56 bits per heavy atom. The number of ether oxygens (including phenoxy) is 2. The van der Waals surface area contributed by atoms with Crippen LogP contribution in [0.3, 0.4) is 0 Å². The third-order valence-corrected chi connectivity index (χ3v) is 6.42. The number of aromatic nitrogens is 4. The molecule has 0 aromatic carbocycles. The van der Waals surface area contributed by atoms with E-state index in [0.29, 0.717) is 34.6 Å². The van der Waals surface area contributed by atoms with Crippen LogP contribution in [0.25, 0.3) is 27.8 Å². The van der Waals surface area contributed by atoms with E-state index in [0.717, 1.165) is 49.8 Å². The van der Waals surface area contributed by atoms with Crippen molar-refractivity contribution in [1.29, 1.82) is 5.26 Å². The lowest BCUT2D eigenvalue weighted by Crippen LogP contribution is -2.46. The first kappa shape index (κ1) is 23.4. The van der Waals surface area contributed by atoms with Crippen molar-refractivity contribution in [2.45, 2.75) is 6.42 Å². The van der Waals surface area contributed by atoms with Gasteiger partial charge in [0, 0.05) is 57.1 Å². The Morgan fingerprint density at radius 1 is 1.03 bits per heavy atom. The number of anilines is 1. The maximum Gasteiger partial charge on any atom is 0.256 e. The van der Waals surface area contributed by atoms with E-state index < -0.39 is 0 Å². The summed E-state index contributed by atoms with van der Waals surface area (Å²) in [6.07, 6.45) is 5.80. The fourth-order valence-electron chi connectivity index (χ4n) is 4.42. The largest absolute Gasteiger partial charge is 0.494 e. The molecule has 1 aliphatic rings. The molecule has 10 nitrogen and oxygen atoms in total. The number of pyridine rings is 3. The standard InChI is InChI=1S/C26H27N7O3/c1-35-23-14-18(15-29-25(23)36-2)21-6-5-20-22(30-21)17-33(26(20)34)19-4-7-24(28-16-19)32-12-10-31(11-13-32)9-3-8-27/h4-7,14-17,34H,3,9-13H2,1-2H3. The zero-order chi connectivity index (χ0) is 25.1. The minimum Gasteiger partial charge on any atom is -0.494 e. The van der Waals surface area contributed by atoms with E-state index in [9.17, 15) is 5.11 Å². The predicted octanol–water partition coefficient (Wildman–Crippen LogP) is 3.24. The van der Waals surface area contributed by atoms with E-state index in [1.807, 2.05) is 30.3 Å². The number of hydrogen-bond donors (Lipinski definition) is 1. The summed E-state index contributed by atoms with van der Waals surface area (Å²) < 4.78 is 12.3. The average molecular weight is 486 g/mol. The van der Waals surface area contributed by atoms with Gasteiger partial charge in [0.2, 0.25) is 5.88 Å². The first-order chi connectivity index (χ1) is 17.6. The van der Waals surface area contributed by atoms with Crippen LogP contribution < -0.4 is 14.4 Å². The summed E-state index contributed by atoms with van der Waals surface area (Å²) in [7, 11) is 3.11. The average Bonchev–Trinajstić information content (AvgIpc) is 3.27. The highest BCUT2D eigenvalue weighted by molar-refractivity contribution is 5.87. The van der Waals surface area contributed by atoms with Crippen molar-refractivity contribution < 1.29 is 14.6 Å². The topological polar surface area (TPSA) is 113 Å². The lowest BCUT2D eigenvalue weighted by molar-refractivity contribution is 0.263. The van der Waals surface area contributed by atoms with Gasteiger partial charge in [0.25, 0.3) is 5.88 Å². The molecule has 0 unspecified atom stereocenters. The van der Waals surface area contributed by atoms with Crippen molar-refractivity contribution in [3.8, 4) is 40.5 Å². The summed E-state index contributed by atoms with van der Waals surface area (Å²) in [5.41, 5.74) is 2.88. The Kier molecular flexibility index (Phi) is 6.56. The van der Waals surface area contributed by atoms with Crippen molar-refractivity contribution in [1.82, 2.24) is 24.4 Å². The van der Waals surface area contributed by atoms with Crippen LogP contribution in [0.1, 0.15) is 6.42 Å². The summed E-state index contributed by atoms with van der Waals surface area (Å²) in [6, 6.07) is 11.6. The first-order valence-corrected chi connectivity index (χ1v) is 11.7. The minimum absolute atomic E-state index is 0.107. The number of rotatable bonds is 7. The van der Waals surface area contributed by atoms with Gasteiger partial charge in [-0.3, -0.25) is 9.47 Å². The maximum absolute atomic E-state index is 10.9. The van der Waals surface area contributed by atoms with E-state index >= 15 is 0 Å². The monoisotopic (exact) mass is 485 g/mol. The number of nitrogens with zero attached hydrogens (tertiary/aromatic N) is 7. The third kappa shape index (κ3) is 4.48. The fraction of sp³-hybridized carbons (Fsp3) is 0.308. The van der Waals surface area contributed by atoms with Crippen LogP contribution in [0, 0.1) is 11.3 Å². The van der Waals surface area contributed by atoms with Gasteiger partial charge in [-0.25, -0.2) is 15.0 Å². The molecule has 5 heterocycles. The molecular weight excluding hydrogens is 458 g/mol. The van der Waals surface area contributed by atoms with Crippen LogP contribution in [-0.4, -0.2) is 76.5 Å².